The number of benzene rings is 2. The minimum absolute atomic E-state index is 0.0710. The fourth-order valence-corrected chi connectivity index (χ4v) is 1.98. The van der Waals surface area contributed by atoms with E-state index in [0.29, 0.717) is 35.1 Å². The predicted octanol–water partition coefficient (Wildman–Crippen LogP) is 3.84. The maximum atomic E-state index is 12.1. The molecular weight excluding hydrogens is 318 g/mol. The van der Waals surface area contributed by atoms with Crippen molar-refractivity contribution in [3.05, 3.63) is 59.1 Å². The molecule has 0 radical (unpaired) electrons. The van der Waals surface area contributed by atoms with Crippen LogP contribution in [0.25, 0.3) is 0 Å². The first-order valence-electron chi connectivity index (χ1n) is 7.06. The Bertz CT molecular complexity index is 668. The minimum atomic E-state index is -0.845. The number of aliphatic carboxylic acids is 1. The first-order valence-corrected chi connectivity index (χ1v) is 7.44. The Labute approximate surface area is 138 Å². The van der Waals surface area contributed by atoms with Crippen molar-refractivity contribution in [3.8, 4) is 5.75 Å². The van der Waals surface area contributed by atoms with Gasteiger partial charge in [-0.1, -0.05) is 11.6 Å². The van der Waals surface area contributed by atoms with E-state index in [1.807, 2.05) is 0 Å². The van der Waals surface area contributed by atoms with Crippen LogP contribution in [0.2, 0.25) is 5.02 Å². The fraction of sp³-hybridized carbons (Fsp3) is 0.176. The predicted molar refractivity (Wildman–Crippen MR) is 88.2 cm³/mol. The third-order valence-corrected chi connectivity index (χ3v) is 3.27. The van der Waals surface area contributed by atoms with Gasteiger partial charge in [-0.3, -0.25) is 9.59 Å². The van der Waals surface area contributed by atoms with Crippen LogP contribution < -0.4 is 10.1 Å². The molecule has 0 unspecified atom stereocenters. The standard InChI is InChI=1S/C17H16ClNO4/c18-13-5-7-14(8-6-13)19-17(22)12-3-9-15(10-4-12)23-11-1-2-16(20)21/h3-10H,1-2,11H2,(H,19,22)(H,20,21). The Morgan fingerprint density at radius 2 is 1.70 bits per heavy atom. The quantitative estimate of drug-likeness (QED) is 0.755. The molecule has 0 heterocycles. The Kier molecular flexibility index (Phi) is 6.00. The van der Waals surface area contributed by atoms with E-state index >= 15 is 0 Å². The summed E-state index contributed by atoms with van der Waals surface area (Å²) < 4.78 is 5.41. The van der Waals surface area contributed by atoms with E-state index < -0.39 is 5.97 Å². The lowest BCUT2D eigenvalue weighted by Crippen LogP contribution is -2.11. The highest BCUT2D eigenvalue weighted by Crippen LogP contribution is 2.16. The van der Waals surface area contributed by atoms with Crippen LogP contribution >= 0.6 is 11.6 Å². The highest BCUT2D eigenvalue weighted by Gasteiger charge is 2.06. The van der Waals surface area contributed by atoms with Gasteiger partial charge in [0.05, 0.1) is 6.61 Å². The number of carbonyl (C=O) groups is 2. The van der Waals surface area contributed by atoms with E-state index in [9.17, 15) is 9.59 Å². The van der Waals surface area contributed by atoms with Crippen molar-refractivity contribution < 1.29 is 19.4 Å². The van der Waals surface area contributed by atoms with Crippen molar-refractivity contribution in [2.24, 2.45) is 0 Å². The van der Waals surface area contributed by atoms with Crippen LogP contribution in [-0.4, -0.2) is 23.6 Å². The number of ether oxygens (including phenoxy) is 1. The van der Waals surface area contributed by atoms with E-state index in [1.54, 1.807) is 48.5 Å². The number of halogens is 1. The third kappa shape index (κ3) is 5.64. The highest BCUT2D eigenvalue weighted by atomic mass is 35.5. The fourth-order valence-electron chi connectivity index (χ4n) is 1.85. The molecule has 0 saturated carbocycles. The van der Waals surface area contributed by atoms with Gasteiger partial charge in [-0.15, -0.1) is 0 Å². The van der Waals surface area contributed by atoms with Gasteiger partial charge in [0.25, 0.3) is 5.91 Å². The van der Waals surface area contributed by atoms with Gasteiger partial charge < -0.3 is 15.2 Å². The molecule has 0 aliphatic carbocycles. The second kappa shape index (κ2) is 8.19. The molecule has 0 aliphatic rings. The van der Waals surface area contributed by atoms with Gasteiger partial charge >= 0.3 is 5.97 Å². The zero-order valence-corrected chi connectivity index (χ0v) is 13.0. The first kappa shape index (κ1) is 16.8. The van der Waals surface area contributed by atoms with Crippen molar-refractivity contribution in [2.45, 2.75) is 12.8 Å². The van der Waals surface area contributed by atoms with Crippen molar-refractivity contribution >= 4 is 29.2 Å². The Morgan fingerprint density at radius 3 is 2.30 bits per heavy atom. The summed E-state index contributed by atoms with van der Waals surface area (Å²) in [4.78, 5) is 22.5. The number of amides is 1. The summed E-state index contributed by atoms with van der Waals surface area (Å²) in [6.45, 7) is 0.322. The van der Waals surface area contributed by atoms with Crippen LogP contribution in [-0.2, 0) is 4.79 Å². The molecule has 2 rings (SSSR count). The Balaban J connectivity index is 1.87. The molecule has 2 aromatic rings. The van der Waals surface area contributed by atoms with Crippen LogP contribution in [0.5, 0.6) is 5.75 Å². The molecule has 5 nitrogen and oxygen atoms in total. The van der Waals surface area contributed by atoms with Crippen molar-refractivity contribution in [2.75, 3.05) is 11.9 Å². The second-order valence-corrected chi connectivity index (χ2v) is 5.27. The molecule has 23 heavy (non-hydrogen) atoms. The summed E-state index contributed by atoms with van der Waals surface area (Å²) in [5.41, 5.74) is 1.16. The summed E-state index contributed by atoms with van der Waals surface area (Å²) in [5, 5.41) is 11.9. The molecule has 0 bridgehead atoms. The Morgan fingerprint density at radius 1 is 1.04 bits per heavy atom. The van der Waals surface area contributed by atoms with E-state index in [1.165, 1.54) is 0 Å². The molecule has 0 spiro atoms. The topological polar surface area (TPSA) is 75.6 Å². The van der Waals surface area contributed by atoms with Crippen LogP contribution in [0, 0.1) is 0 Å². The number of hydrogen-bond acceptors (Lipinski definition) is 3. The monoisotopic (exact) mass is 333 g/mol. The van der Waals surface area contributed by atoms with Gasteiger partial charge in [-0.2, -0.15) is 0 Å². The lowest BCUT2D eigenvalue weighted by atomic mass is 10.2. The van der Waals surface area contributed by atoms with E-state index in [2.05, 4.69) is 5.32 Å². The molecule has 2 aromatic carbocycles. The first-order chi connectivity index (χ1) is 11.0. The molecular formula is C17H16ClNO4. The van der Waals surface area contributed by atoms with Gasteiger partial charge in [-0.25, -0.2) is 0 Å². The molecule has 0 aliphatic heterocycles. The Hall–Kier alpha value is -2.53. The van der Waals surface area contributed by atoms with Gasteiger partial charge in [0.2, 0.25) is 0 Å². The summed E-state index contributed by atoms with van der Waals surface area (Å²) in [7, 11) is 0. The average molecular weight is 334 g/mol. The largest absolute Gasteiger partial charge is 0.494 e. The maximum Gasteiger partial charge on any atom is 0.303 e. The molecule has 0 saturated heterocycles. The van der Waals surface area contributed by atoms with Gasteiger partial charge in [0.15, 0.2) is 0 Å². The van der Waals surface area contributed by atoms with Crippen LogP contribution in [0.4, 0.5) is 5.69 Å². The zero-order valence-electron chi connectivity index (χ0n) is 12.3. The van der Waals surface area contributed by atoms with Crippen LogP contribution in [0.15, 0.2) is 48.5 Å². The van der Waals surface area contributed by atoms with Crippen molar-refractivity contribution in [3.63, 3.8) is 0 Å². The van der Waals surface area contributed by atoms with Gasteiger partial charge in [0, 0.05) is 22.7 Å². The smallest absolute Gasteiger partial charge is 0.303 e. The second-order valence-electron chi connectivity index (χ2n) is 4.83. The number of carboxylic acid groups (broad SMARTS) is 1. The van der Waals surface area contributed by atoms with Crippen LogP contribution in [0.3, 0.4) is 0 Å². The number of hydrogen-bond donors (Lipinski definition) is 2. The van der Waals surface area contributed by atoms with Gasteiger partial charge in [-0.05, 0) is 55.0 Å². The van der Waals surface area contributed by atoms with Gasteiger partial charge in [0.1, 0.15) is 5.75 Å². The number of carboxylic acids is 1. The molecule has 1 amide bonds. The zero-order chi connectivity index (χ0) is 16.7. The summed E-state index contributed by atoms with van der Waals surface area (Å²) in [5.74, 6) is -0.481. The maximum absolute atomic E-state index is 12.1. The summed E-state index contributed by atoms with van der Waals surface area (Å²) >= 11 is 5.79. The highest BCUT2D eigenvalue weighted by molar-refractivity contribution is 6.30. The molecule has 2 N–H and O–H groups in total. The average Bonchev–Trinajstić information content (AvgIpc) is 2.54. The SMILES string of the molecule is O=C(O)CCCOc1ccc(C(=O)Nc2ccc(Cl)cc2)cc1. The van der Waals surface area contributed by atoms with E-state index in [-0.39, 0.29) is 12.3 Å². The number of carbonyl (C=O) groups excluding carboxylic acids is 1. The number of anilines is 1. The van der Waals surface area contributed by atoms with E-state index in [0.717, 1.165) is 0 Å². The molecule has 0 atom stereocenters. The molecule has 6 heteroatoms. The minimum Gasteiger partial charge on any atom is -0.494 e. The van der Waals surface area contributed by atoms with Crippen molar-refractivity contribution in [1.29, 1.82) is 0 Å². The molecule has 0 aromatic heterocycles. The number of rotatable bonds is 7. The molecule has 0 fully saturated rings. The van der Waals surface area contributed by atoms with E-state index in [4.69, 9.17) is 21.4 Å². The number of nitrogens with one attached hydrogen (secondary N) is 1. The normalized spacial score (nSPS) is 10.1. The lowest BCUT2D eigenvalue weighted by Gasteiger charge is -2.08. The van der Waals surface area contributed by atoms with Crippen molar-refractivity contribution in [1.82, 2.24) is 0 Å². The third-order valence-electron chi connectivity index (χ3n) is 3.02. The molecule has 120 valence electrons. The summed E-state index contributed by atoms with van der Waals surface area (Å²) in [6, 6.07) is 13.5. The summed E-state index contributed by atoms with van der Waals surface area (Å²) in [6.07, 6.45) is 0.510. The lowest BCUT2D eigenvalue weighted by molar-refractivity contribution is -0.137. The van der Waals surface area contributed by atoms with Crippen LogP contribution in [0.1, 0.15) is 23.2 Å².